The van der Waals surface area contributed by atoms with Gasteiger partial charge in [-0.1, -0.05) is 29.8 Å². The van der Waals surface area contributed by atoms with E-state index in [1.54, 1.807) is 11.3 Å². The maximum Gasteiger partial charge on any atom is 0.180 e. The molecule has 0 aliphatic rings. The molecule has 2 rings (SSSR count). The molecular formula is C13H17N3S. The molecule has 0 spiro atoms. The number of hydrogen-bond donors (Lipinski definition) is 1. The first-order valence-corrected chi connectivity index (χ1v) is 6.35. The lowest BCUT2D eigenvalue weighted by Gasteiger charge is -2.09. The number of nitrogens with two attached hydrogens (primary N) is 1. The monoisotopic (exact) mass is 247 g/mol. The quantitative estimate of drug-likeness (QED) is 0.907. The summed E-state index contributed by atoms with van der Waals surface area (Å²) in [5.41, 5.74) is 9.22. The second-order valence-corrected chi connectivity index (χ2v) is 5.54. The summed E-state index contributed by atoms with van der Waals surface area (Å²) in [6.07, 6.45) is 0. The number of aryl methyl sites for hydroxylation is 1. The molecule has 0 aliphatic carbocycles. The fraction of sp³-hybridized carbons (Fsp3) is 0.308. The number of nitrogen functional groups attached to an aromatic ring is 1. The zero-order chi connectivity index (χ0) is 12.4. The van der Waals surface area contributed by atoms with Crippen LogP contribution in [0.5, 0.6) is 0 Å². The molecule has 0 bridgehead atoms. The first kappa shape index (κ1) is 12.1. The van der Waals surface area contributed by atoms with Gasteiger partial charge in [0.15, 0.2) is 5.13 Å². The fourth-order valence-electron chi connectivity index (χ4n) is 1.70. The van der Waals surface area contributed by atoms with Crippen molar-refractivity contribution in [2.45, 2.75) is 13.5 Å². The van der Waals surface area contributed by atoms with Crippen molar-refractivity contribution >= 4 is 16.5 Å². The average Bonchev–Trinajstić information content (AvgIpc) is 2.59. The molecule has 90 valence electrons. The van der Waals surface area contributed by atoms with Crippen molar-refractivity contribution in [2.75, 3.05) is 19.8 Å². The van der Waals surface area contributed by atoms with Crippen molar-refractivity contribution in [3.05, 3.63) is 34.7 Å². The Balaban J connectivity index is 2.40. The predicted molar refractivity (Wildman–Crippen MR) is 74.1 cm³/mol. The fourth-order valence-corrected chi connectivity index (χ4v) is 2.67. The second kappa shape index (κ2) is 4.85. The number of benzene rings is 1. The molecule has 4 heteroatoms. The van der Waals surface area contributed by atoms with Crippen molar-refractivity contribution in [2.24, 2.45) is 0 Å². The van der Waals surface area contributed by atoms with E-state index in [-0.39, 0.29) is 0 Å². The van der Waals surface area contributed by atoms with E-state index in [0.29, 0.717) is 5.13 Å². The van der Waals surface area contributed by atoms with Gasteiger partial charge in [-0.2, -0.15) is 0 Å². The molecule has 1 aromatic carbocycles. The highest BCUT2D eigenvalue weighted by Crippen LogP contribution is 2.30. The van der Waals surface area contributed by atoms with Crippen LogP contribution in [0.4, 0.5) is 5.13 Å². The summed E-state index contributed by atoms with van der Waals surface area (Å²) in [6.45, 7) is 2.96. The molecule has 0 radical (unpaired) electrons. The van der Waals surface area contributed by atoms with Gasteiger partial charge in [-0.3, -0.25) is 0 Å². The molecule has 0 saturated carbocycles. The van der Waals surface area contributed by atoms with Gasteiger partial charge in [0.05, 0.1) is 5.69 Å². The Morgan fingerprint density at radius 3 is 2.47 bits per heavy atom. The maximum absolute atomic E-state index is 5.81. The van der Waals surface area contributed by atoms with Gasteiger partial charge >= 0.3 is 0 Å². The lowest BCUT2D eigenvalue weighted by atomic mass is 10.1. The Kier molecular flexibility index (Phi) is 3.45. The van der Waals surface area contributed by atoms with E-state index in [9.17, 15) is 0 Å². The van der Waals surface area contributed by atoms with E-state index < -0.39 is 0 Å². The Morgan fingerprint density at radius 2 is 1.88 bits per heavy atom. The van der Waals surface area contributed by atoms with E-state index in [1.807, 2.05) is 0 Å². The lowest BCUT2D eigenvalue weighted by molar-refractivity contribution is 0.406. The minimum Gasteiger partial charge on any atom is -0.375 e. The van der Waals surface area contributed by atoms with Gasteiger partial charge in [0.2, 0.25) is 0 Å². The number of rotatable bonds is 3. The molecule has 0 atom stereocenters. The number of hydrogen-bond acceptors (Lipinski definition) is 4. The zero-order valence-corrected chi connectivity index (χ0v) is 11.2. The van der Waals surface area contributed by atoms with Gasteiger partial charge in [0.1, 0.15) is 0 Å². The zero-order valence-electron chi connectivity index (χ0n) is 10.4. The molecule has 3 nitrogen and oxygen atoms in total. The van der Waals surface area contributed by atoms with Gasteiger partial charge in [0, 0.05) is 17.0 Å². The molecule has 1 heterocycles. The van der Waals surface area contributed by atoms with Gasteiger partial charge in [-0.15, -0.1) is 11.3 Å². The molecule has 0 amide bonds. The van der Waals surface area contributed by atoms with Crippen LogP contribution in [-0.4, -0.2) is 24.0 Å². The van der Waals surface area contributed by atoms with Crippen molar-refractivity contribution < 1.29 is 0 Å². The number of nitrogens with zero attached hydrogens (tertiary/aromatic N) is 2. The van der Waals surface area contributed by atoms with Crippen LogP contribution in [0.3, 0.4) is 0 Å². The van der Waals surface area contributed by atoms with E-state index >= 15 is 0 Å². The van der Waals surface area contributed by atoms with Gasteiger partial charge in [-0.25, -0.2) is 4.98 Å². The highest BCUT2D eigenvalue weighted by atomic mass is 32.1. The molecule has 0 saturated heterocycles. The predicted octanol–water partition coefficient (Wildman–Crippen LogP) is 2.76. The third kappa shape index (κ3) is 2.84. The highest BCUT2D eigenvalue weighted by Gasteiger charge is 2.12. The van der Waals surface area contributed by atoms with Crippen LogP contribution in [0.2, 0.25) is 0 Å². The van der Waals surface area contributed by atoms with Crippen LogP contribution >= 0.6 is 11.3 Å². The number of anilines is 1. The first-order valence-electron chi connectivity index (χ1n) is 5.53. The first-order chi connectivity index (χ1) is 8.06. The Morgan fingerprint density at radius 1 is 1.24 bits per heavy atom. The largest absolute Gasteiger partial charge is 0.375 e. The summed E-state index contributed by atoms with van der Waals surface area (Å²) in [4.78, 5) is 7.78. The smallest absolute Gasteiger partial charge is 0.180 e. The number of thiazole rings is 1. The van der Waals surface area contributed by atoms with Gasteiger partial charge in [-0.05, 0) is 21.0 Å². The molecule has 1 aromatic heterocycles. The van der Waals surface area contributed by atoms with Gasteiger partial charge in [0.25, 0.3) is 0 Å². The van der Waals surface area contributed by atoms with E-state index in [0.717, 1.165) is 17.8 Å². The molecule has 2 aromatic rings. The Labute approximate surface area is 106 Å². The molecule has 17 heavy (non-hydrogen) atoms. The molecular weight excluding hydrogens is 230 g/mol. The van der Waals surface area contributed by atoms with E-state index in [2.05, 4.69) is 55.2 Å². The minimum absolute atomic E-state index is 0.637. The second-order valence-electron chi connectivity index (χ2n) is 4.43. The summed E-state index contributed by atoms with van der Waals surface area (Å²) >= 11 is 1.57. The average molecular weight is 247 g/mol. The van der Waals surface area contributed by atoms with Crippen LogP contribution in [0.15, 0.2) is 24.3 Å². The van der Waals surface area contributed by atoms with Crippen molar-refractivity contribution in [3.8, 4) is 11.3 Å². The number of aromatic nitrogens is 1. The third-order valence-corrected chi connectivity index (χ3v) is 3.37. The summed E-state index contributed by atoms with van der Waals surface area (Å²) in [5, 5.41) is 0.637. The molecule has 0 unspecified atom stereocenters. The minimum atomic E-state index is 0.637. The Hall–Kier alpha value is -1.39. The summed E-state index contributed by atoms with van der Waals surface area (Å²) in [5.74, 6) is 0. The third-order valence-electron chi connectivity index (χ3n) is 2.50. The van der Waals surface area contributed by atoms with Crippen molar-refractivity contribution in [3.63, 3.8) is 0 Å². The van der Waals surface area contributed by atoms with Crippen LogP contribution in [-0.2, 0) is 6.54 Å². The Bertz CT molecular complexity index is 500. The summed E-state index contributed by atoms with van der Waals surface area (Å²) in [7, 11) is 4.10. The molecule has 2 N–H and O–H groups in total. The van der Waals surface area contributed by atoms with Crippen LogP contribution in [0, 0.1) is 6.92 Å². The van der Waals surface area contributed by atoms with E-state index in [4.69, 9.17) is 5.73 Å². The molecule has 0 fully saturated rings. The molecule has 0 aliphatic heterocycles. The summed E-state index contributed by atoms with van der Waals surface area (Å²) in [6, 6.07) is 8.40. The van der Waals surface area contributed by atoms with E-state index in [1.165, 1.54) is 10.4 Å². The maximum atomic E-state index is 5.81. The van der Waals surface area contributed by atoms with Crippen molar-refractivity contribution in [1.29, 1.82) is 0 Å². The van der Waals surface area contributed by atoms with Crippen LogP contribution in [0.1, 0.15) is 10.4 Å². The highest BCUT2D eigenvalue weighted by molar-refractivity contribution is 7.15. The SMILES string of the molecule is Cc1ccc(-c2nc(N)sc2CN(C)C)cc1. The van der Waals surface area contributed by atoms with Gasteiger partial charge < -0.3 is 10.6 Å². The lowest BCUT2D eigenvalue weighted by Crippen LogP contribution is -2.10. The van der Waals surface area contributed by atoms with Crippen LogP contribution in [0.25, 0.3) is 11.3 Å². The van der Waals surface area contributed by atoms with Crippen molar-refractivity contribution in [1.82, 2.24) is 9.88 Å². The van der Waals surface area contributed by atoms with Crippen LogP contribution < -0.4 is 5.73 Å². The standard InChI is InChI=1S/C13H17N3S/c1-9-4-6-10(7-5-9)12-11(8-16(2)3)17-13(14)15-12/h4-7H,8H2,1-3H3,(H2,14,15). The summed E-state index contributed by atoms with van der Waals surface area (Å²) < 4.78 is 0. The normalized spacial score (nSPS) is 11.1. The topological polar surface area (TPSA) is 42.1 Å².